The number of nitrogens with zero attached hydrogens (tertiary/aromatic N) is 5. The van der Waals surface area contributed by atoms with Crippen molar-refractivity contribution in [1.82, 2.24) is 24.6 Å². The first kappa shape index (κ1) is 18.9. The third-order valence-electron chi connectivity index (χ3n) is 4.67. The lowest BCUT2D eigenvalue weighted by molar-refractivity contribution is -0.148. The first-order chi connectivity index (χ1) is 12.1. The molecule has 2 aromatic heterocycles. The molecule has 1 saturated heterocycles. The number of halogens is 3. The van der Waals surface area contributed by atoms with Crippen molar-refractivity contribution in [2.45, 2.75) is 45.3 Å². The molecule has 6 nitrogen and oxygen atoms in total. The zero-order valence-corrected chi connectivity index (χ0v) is 15.3. The zero-order valence-electron chi connectivity index (χ0n) is 15.3. The van der Waals surface area contributed by atoms with Crippen LogP contribution in [0.4, 0.5) is 19.0 Å². The van der Waals surface area contributed by atoms with Crippen LogP contribution in [-0.2, 0) is 5.54 Å². The van der Waals surface area contributed by atoms with Gasteiger partial charge < -0.3 is 5.32 Å². The van der Waals surface area contributed by atoms with Gasteiger partial charge in [0.15, 0.2) is 5.65 Å². The lowest BCUT2D eigenvalue weighted by Gasteiger charge is -2.32. The maximum absolute atomic E-state index is 12.5. The van der Waals surface area contributed by atoms with Crippen molar-refractivity contribution in [1.29, 1.82) is 0 Å². The van der Waals surface area contributed by atoms with Crippen LogP contribution in [-0.4, -0.2) is 57.0 Å². The summed E-state index contributed by atoms with van der Waals surface area (Å²) in [5, 5.41) is 8.63. The van der Waals surface area contributed by atoms with E-state index in [1.165, 1.54) is 11.2 Å². The number of fused-ring (bicyclic) bond motifs is 1. The van der Waals surface area contributed by atoms with E-state index in [1.54, 1.807) is 6.20 Å². The van der Waals surface area contributed by atoms with Gasteiger partial charge in [-0.15, -0.1) is 0 Å². The van der Waals surface area contributed by atoms with Crippen LogP contribution in [0.25, 0.3) is 11.0 Å². The van der Waals surface area contributed by atoms with Gasteiger partial charge in [-0.05, 0) is 52.6 Å². The van der Waals surface area contributed by atoms with Gasteiger partial charge in [0.1, 0.15) is 12.1 Å². The summed E-state index contributed by atoms with van der Waals surface area (Å²) in [7, 11) is 0. The number of aromatic nitrogens is 4. The van der Waals surface area contributed by atoms with Crippen molar-refractivity contribution in [2.75, 3.05) is 31.5 Å². The fourth-order valence-electron chi connectivity index (χ4n) is 3.32. The standard InChI is InChI=1S/C17H25F3N6/c1-16(2,3)26-15-13(9-24-26)14(22-11-23-15)21-8-12-4-6-25(7-5-12)10-17(18,19)20/h9,11-12H,4-8,10H2,1-3H3,(H,21,22,23). The largest absolute Gasteiger partial charge is 0.401 e. The zero-order chi connectivity index (χ0) is 18.9. The summed E-state index contributed by atoms with van der Waals surface area (Å²) in [5.74, 6) is 1.06. The summed E-state index contributed by atoms with van der Waals surface area (Å²) in [6.07, 6.45) is 0.650. The average Bonchev–Trinajstić information content (AvgIpc) is 2.97. The van der Waals surface area contributed by atoms with Gasteiger partial charge in [0.05, 0.1) is 23.7 Å². The molecule has 0 amide bonds. The number of alkyl halides is 3. The van der Waals surface area contributed by atoms with Crippen molar-refractivity contribution in [3.63, 3.8) is 0 Å². The summed E-state index contributed by atoms with van der Waals surface area (Å²) < 4.78 is 39.3. The number of nitrogens with one attached hydrogen (secondary N) is 1. The summed E-state index contributed by atoms with van der Waals surface area (Å²) in [6.45, 7) is 7.01. The highest BCUT2D eigenvalue weighted by Gasteiger charge is 2.32. The van der Waals surface area contributed by atoms with Gasteiger partial charge in [0, 0.05) is 6.54 Å². The van der Waals surface area contributed by atoms with E-state index in [0.717, 1.165) is 29.7 Å². The molecule has 0 spiro atoms. The Morgan fingerprint density at radius 3 is 2.46 bits per heavy atom. The highest BCUT2D eigenvalue weighted by molar-refractivity contribution is 5.86. The van der Waals surface area contributed by atoms with Crippen molar-refractivity contribution in [3.8, 4) is 0 Å². The van der Waals surface area contributed by atoms with E-state index >= 15 is 0 Å². The van der Waals surface area contributed by atoms with E-state index in [0.29, 0.717) is 25.6 Å². The van der Waals surface area contributed by atoms with Gasteiger partial charge in [0.2, 0.25) is 0 Å². The molecule has 1 fully saturated rings. The molecular formula is C17H25F3N6. The van der Waals surface area contributed by atoms with Crippen molar-refractivity contribution < 1.29 is 13.2 Å². The van der Waals surface area contributed by atoms with Crippen LogP contribution in [0.15, 0.2) is 12.5 Å². The monoisotopic (exact) mass is 370 g/mol. The summed E-state index contributed by atoms with van der Waals surface area (Å²) in [4.78, 5) is 10.1. The predicted octanol–water partition coefficient (Wildman–Crippen LogP) is 3.27. The number of hydrogen-bond donors (Lipinski definition) is 1. The van der Waals surface area contributed by atoms with Crippen LogP contribution in [0, 0.1) is 5.92 Å². The van der Waals surface area contributed by atoms with Crippen LogP contribution in [0.3, 0.4) is 0 Å². The van der Waals surface area contributed by atoms with Crippen LogP contribution in [0.2, 0.25) is 0 Å². The molecule has 9 heteroatoms. The van der Waals surface area contributed by atoms with Gasteiger partial charge in [0.25, 0.3) is 0 Å². The van der Waals surface area contributed by atoms with E-state index in [2.05, 4.69) is 41.2 Å². The second-order valence-corrected chi connectivity index (χ2v) is 7.90. The summed E-state index contributed by atoms with van der Waals surface area (Å²) in [5.41, 5.74) is 0.591. The highest BCUT2D eigenvalue weighted by Crippen LogP contribution is 2.26. The molecule has 2 aromatic rings. The van der Waals surface area contributed by atoms with Crippen molar-refractivity contribution in [3.05, 3.63) is 12.5 Å². The number of likely N-dealkylation sites (tertiary alicyclic amines) is 1. The number of rotatable bonds is 4. The molecule has 0 unspecified atom stereocenters. The number of piperidine rings is 1. The molecule has 0 radical (unpaired) electrons. The SMILES string of the molecule is CC(C)(C)n1ncc2c(NCC3CCN(CC(F)(F)F)CC3)ncnc21. The topological polar surface area (TPSA) is 58.9 Å². The molecule has 3 rings (SSSR count). The third kappa shape index (κ3) is 4.44. The predicted molar refractivity (Wildman–Crippen MR) is 94.0 cm³/mol. The number of anilines is 1. The Hall–Kier alpha value is -1.90. The van der Waals surface area contributed by atoms with E-state index < -0.39 is 12.7 Å². The second-order valence-electron chi connectivity index (χ2n) is 7.90. The first-order valence-corrected chi connectivity index (χ1v) is 8.86. The molecule has 3 heterocycles. The molecule has 1 aliphatic heterocycles. The van der Waals surface area contributed by atoms with Crippen LogP contribution in [0.1, 0.15) is 33.6 Å². The quantitative estimate of drug-likeness (QED) is 0.895. The molecule has 0 aromatic carbocycles. The van der Waals surface area contributed by atoms with E-state index in [-0.39, 0.29) is 5.54 Å². The Bertz CT molecular complexity index is 741. The summed E-state index contributed by atoms with van der Waals surface area (Å²) >= 11 is 0. The minimum atomic E-state index is -4.12. The maximum Gasteiger partial charge on any atom is 0.401 e. The van der Waals surface area contributed by atoms with Crippen molar-refractivity contribution >= 4 is 16.9 Å². The Balaban J connectivity index is 1.60. The highest BCUT2D eigenvalue weighted by atomic mass is 19.4. The molecule has 0 bridgehead atoms. The molecule has 0 atom stereocenters. The fourth-order valence-corrected chi connectivity index (χ4v) is 3.32. The fraction of sp³-hybridized carbons (Fsp3) is 0.706. The Morgan fingerprint density at radius 2 is 1.85 bits per heavy atom. The van der Waals surface area contributed by atoms with E-state index in [4.69, 9.17) is 0 Å². The molecular weight excluding hydrogens is 345 g/mol. The molecule has 1 aliphatic rings. The van der Waals surface area contributed by atoms with E-state index in [1.807, 2.05) is 4.68 Å². The lowest BCUT2D eigenvalue weighted by Crippen LogP contribution is -2.41. The smallest absolute Gasteiger partial charge is 0.369 e. The maximum atomic E-state index is 12.5. The van der Waals surface area contributed by atoms with Gasteiger partial charge in [-0.1, -0.05) is 0 Å². The molecule has 26 heavy (non-hydrogen) atoms. The average molecular weight is 370 g/mol. The minimum absolute atomic E-state index is 0.182. The van der Waals surface area contributed by atoms with Gasteiger partial charge in [-0.3, -0.25) is 4.90 Å². The third-order valence-corrected chi connectivity index (χ3v) is 4.67. The van der Waals surface area contributed by atoms with Gasteiger partial charge in [-0.25, -0.2) is 14.6 Å². The van der Waals surface area contributed by atoms with Gasteiger partial charge >= 0.3 is 6.18 Å². The second kappa shape index (κ2) is 7.02. The van der Waals surface area contributed by atoms with E-state index in [9.17, 15) is 13.2 Å². The van der Waals surface area contributed by atoms with Crippen LogP contribution in [0.5, 0.6) is 0 Å². The molecule has 0 aliphatic carbocycles. The van der Waals surface area contributed by atoms with Crippen molar-refractivity contribution in [2.24, 2.45) is 5.92 Å². The summed E-state index contributed by atoms with van der Waals surface area (Å²) in [6, 6.07) is 0. The van der Waals surface area contributed by atoms with Crippen LogP contribution < -0.4 is 5.32 Å². The molecule has 0 saturated carbocycles. The minimum Gasteiger partial charge on any atom is -0.369 e. The lowest BCUT2D eigenvalue weighted by atomic mass is 9.97. The molecule has 144 valence electrons. The van der Waals surface area contributed by atoms with Crippen LogP contribution >= 0.6 is 0 Å². The van der Waals surface area contributed by atoms with Gasteiger partial charge in [-0.2, -0.15) is 18.3 Å². The number of hydrogen-bond acceptors (Lipinski definition) is 5. The first-order valence-electron chi connectivity index (χ1n) is 8.86. The Morgan fingerprint density at radius 1 is 1.15 bits per heavy atom. The normalized spacial score (nSPS) is 17.8. The Kier molecular flexibility index (Phi) is 5.09. The Labute approximate surface area is 150 Å². The molecule has 1 N–H and O–H groups in total.